The first-order valence-electron chi connectivity index (χ1n) is 4.36. The molecule has 0 fully saturated rings. The third kappa shape index (κ3) is 1.31. The van der Waals surface area contributed by atoms with Crippen LogP contribution in [-0.4, -0.2) is 9.78 Å². The van der Waals surface area contributed by atoms with Gasteiger partial charge in [0.2, 0.25) is 0 Å². The van der Waals surface area contributed by atoms with E-state index in [-0.39, 0.29) is 6.04 Å². The molecule has 0 aliphatic heterocycles. The zero-order valence-corrected chi connectivity index (χ0v) is 7.86. The highest BCUT2D eigenvalue weighted by Gasteiger charge is 2.07. The standard InChI is InChI=1S/C10H13N3/c1-7(11)9-5-3-4-8-6-13(2)12-10(8)9/h3-7H,11H2,1-2H3. The van der Waals surface area contributed by atoms with Gasteiger partial charge in [-0.1, -0.05) is 18.2 Å². The number of fused-ring (bicyclic) bond motifs is 1. The number of benzene rings is 1. The van der Waals surface area contributed by atoms with Crippen LogP contribution in [0.3, 0.4) is 0 Å². The fourth-order valence-electron chi connectivity index (χ4n) is 1.55. The molecule has 0 radical (unpaired) electrons. The third-order valence-electron chi connectivity index (χ3n) is 2.17. The van der Waals surface area contributed by atoms with Gasteiger partial charge in [-0.3, -0.25) is 4.68 Å². The summed E-state index contributed by atoms with van der Waals surface area (Å²) < 4.78 is 1.82. The van der Waals surface area contributed by atoms with Crippen molar-refractivity contribution in [2.75, 3.05) is 0 Å². The predicted molar refractivity (Wildman–Crippen MR) is 53.3 cm³/mol. The van der Waals surface area contributed by atoms with Crippen molar-refractivity contribution in [3.05, 3.63) is 30.0 Å². The molecular weight excluding hydrogens is 162 g/mol. The van der Waals surface area contributed by atoms with Crippen molar-refractivity contribution in [3.63, 3.8) is 0 Å². The lowest BCUT2D eigenvalue weighted by molar-refractivity contribution is 0.769. The summed E-state index contributed by atoms with van der Waals surface area (Å²) in [5.74, 6) is 0. The molecule has 0 bridgehead atoms. The molecule has 0 aliphatic carbocycles. The Bertz CT molecular complexity index is 429. The van der Waals surface area contributed by atoms with Gasteiger partial charge in [-0.05, 0) is 12.5 Å². The Kier molecular flexibility index (Phi) is 1.81. The van der Waals surface area contributed by atoms with Gasteiger partial charge in [0, 0.05) is 24.7 Å². The van der Waals surface area contributed by atoms with Crippen LogP contribution in [0.1, 0.15) is 18.5 Å². The molecule has 2 rings (SSSR count). The molecule has 1 atom stereocenters. The minimum absolute atomic E-state index is 0.0404. The van der Waals surface area contributed by atoms with Gasteiger partial charge < -0.3 is 5.73 Å². The molecule has 0 amide bonds. The van der Waals surface area contributed by atoms with Crippen LogP contribution < -0.4 is 5.73 Å². The largest absolute Gasteiger partial charge is 0.324 e. The summed E-state index contributed by atoms with van der Waals surface area (Å²) in [6.07, 6.45) is 2.00. The lowest BCUT2D eigenvalue weighted by atomic mass is 10.1. The van der Waals surface area contributed by atoms with Gasteiger partial charge in [-0.2, -0.15) is 5.10 Å². The molecule has 0 aliphatic rings. The van der Waals surface area contributed by atoms with Crippen molar-refractivity contribution in [2.45, 2.75) is 13.0 Å². The number of nitrogens with two attached hydrogens (primary N) is 1. The molecule has 1 aromatic carbocycles. The summed E-state index contributed by atoms with van der Waals surface area (Å²) in [6, 6.07) is 6.13. The molecule has 0 spiro atoms. The van der Waals surface area contributed by atoms with E-state index in [1.807, 2.05) is 43.0 Å². The van der Waals surface area contributed by atoms with Crippen LogP contribution in [-0.2, 0) is 7.05 Å². The number of aryl methyl sites for hydroxylation is 1. The zero-order chi connectivity index (χ0) is 9.42. The predicted octanol–water partition coefficient (Wildman–Crippen LogP) is 1.59. The number of hydrogen-bond donors (Lipinski definition) is 1. The fourth-order valence-corrected chi connectivity index (χ4v) is 1.55. The lowest BCUT2D eigenvalue weighted by Gasteiger charge is -2.04. The third-order valence-corrected chi connectivity index (χ3v) is 2.17. The summed E-state index contributed by atoms with van der Waals surface area (Å²) in [7, 11) is 1.92. The van der Waals surface area contributed by atoms with Gasteiger partial charge >= 0.3 is 0 Å². The number of aromatic nitrogens is 2. The van der Waals surface area contributed by atoms with Crippen LogP contribution in [0.4, 0.5) is 0 Å². The van der Waals surface area contributed by atoms with E-state index in [9.17, 15) is 0 Å². The highest BCUT2D eigenvalue weighted by Crippen LogP contribution is 2.20. The van der Waals surface area contributed by atoms with Crippen LogP contribution >= 0.6 is 0 Å². The molecule has 0 saturated carbocycles. The van der Waals surface area contributed by atoms with Crippen LogP contribution in [0, 0.1) is 0 Å². The highest BCUT2D eigenvalue weighted by atomic mass is 15.2. The lowest BCUT2D eigenvalue weighted by Crippen LogP contribution is -2.05. The molecule has 2 N–H and O–H groups in total. The maximum absolute atomic E-state index is 5.84. The van der Waals surface area contributed by atoms with E-state index in [0.717, 1.165) is 16.5 Å². The Balaban J connectivity index is 2.75. The van der Waals surface area contributed by atoms with Crippen molar-refractivity contribution in [1.82, 2.24) is 9.78 Å². The van der Waals surface area contributed by atoms with E-state index in [2.05, 4.69) is 5.10 Å². The van der Waals surface area contributed by atoms with Gasteiger partial charge in [0.05, 0.1) is 5.52 Å². The molecule has 13 heavy (non-hydrogen) atoms. The fraction of sp³-hybridized carbons (Fsp3) is 0.300. The Morgan fingerprint density at radius 1 is 1.46 bits per heavy atom. The van der Waals surface area contributed by atoms with E-state index in [0.29, 0.717) is 0 Å². The smallest absolute Gasteiger partial charge is 0.0970 e. The molecule has 2 aromatic rings. The summed E-state index contributed by atoms with van der Waals surface area (Å²) in [4.78, 5) is 0. The van der Waals surface area contributed by atoms with Crippen molar-refractivity contribution >= 4 is 10.9 Å². The van der Waals surface area contributed by atoms with Crippen LogP contribution in [0.15, 0.2) is 24.4 Å². The summed E-state index contributed by atoms with van der Waals surface area (Å²) >= 11 is 0. The van der Waals surface area contributed by atoms with Crippen LogP contribution in [0.25, 0.3) is 10.9 Å². The van der Waals surface area contributed by atoms with Gasteiger partial charge in [0.25, 0.3) is 0 Å². The highest BCUT2D eigenvalue weighted by molar-refractivity contribution is 5.81. The molecular formula is C10H13N3. The van der Waals surface area contributed by atoms with E-state index >= 15 is 0 Å². The maximum atomic E-state index is 5.84. The van der Waals surface area contributed by atoms with Gasteiger partial charge in [-0.25, -0.2) is 0 Å². The monoisotopic (exact) mass is 175 g/mol. The first kappa shape index (κ1) is 8.26. The molecule has 1 unspecified atom stereocenters. The van der Waals surface area contributed by atoms with Crippen molar-refractivity contribution in [3.8, 4) is 0 Å². The summed E-state index contributed by atoms with van der Waals surface area (Å²) in [6.45, 7) is 1.98. The zero-order valence-electron chi connectivity index (χ0n) is 7.86. The minimum atomic E-state index is 0.0404. The second kappa shape index (κ2) is 2.85. The first-order chi connectivity index (χ1) is 6.18. The first-order valence-corrected chi connectivity index (χ1v) is 4.36. The number of rotatable bonds is 1. The van der Waals surface area contributed by atoms with Gasteiger partial charge in [-0.15, -0.1) is 0 Å². The number of nitrogens with zero attached hydrogens (tertiary/aromatic N) is 2. The molecule has 68 valence electrons. The van der Waals surface area contributed by atoms with Gasteiger partial charge in [0.1, 0.15) is 0 Å². The van der Waals surface area contributed by atoms with Crippen molar-refractivity contribution in [2.24, 2.45) is 12.8 Å². The molecule has 3 nitrogen and oxygen atoms in total. The Hall–Kier alpha value is -1.35. The van der Waals surface area contributed by atoms with Crippen LogP contribution in [0.5, 0.6) is 0 Å². The number of hydrogen-bond acceptors (Lipinski definition) is 2. The van der Waals surface area contributed by atoms with E-state index in [1.54, 1.807) is 0 Å². The Morgan fingerprint density at radius 2 is 2.23 bits per heavy atom. The van der Waals surface area contributed by atoms with E-state index in [1.165, 1.54) is 0 Å². The van der Waals surface area contributed by atoms with Crippen molar-refractivity contribution in [1.29, 1.82) is 0 Å². The normalized spacial score (nSPS) is 13.5. The second-order valence-corrected chi connectivity index (χ2v) is 3.38. The second-order valence-electron chi connectivity index (χ2n) is 3.38. The molecule has 1 heterocycles. The Morgan fingerprint density at radius 3 is 2.92 bits per heavy atom. The van der Waals surface area contributed by atoms with Gasteiger partial charge in [0.15, 0.2) is 0 Å². The van der Waals surface area contributed by atoms with Crippen molar-refractivity contribution < 1.29 is 0 Å². The minimum Gasteiger partial charge on any atom is -0.324 e. The quantitative estimate of drug-likeness (QED) is 0.715. The SMILES string of the molecule is CC(N)c1cccc2cn(C)nc12. The molecule has 3 heteroatoms. The van der Waals surface area contributed by atoms with E-state index < -0.39 is 0 Å². The van der Waals surface area contributed by atoms with Crippen LogP contribution in [0.2, 0.25) is 0 Å². The summed E-state index contributed by atoms with van der Waals surface area (Å²) in [5.41, 5.74) is 7.96. The Labute approximate surface area is 77.2 Å². The average molecular weight is 175 g/mol. The topological polar surface area (TPSA) is 43.8 Å². The molecule has 0 saturated heterocycles. The average Bonchev–Trinajstić information content (AvgIpc) is 2.43. The molecule has 1 aromatic heterocycles. The van der Waals surface area contributed by atoms with E-state index in [4.69, 9.17) is 5.73 Å². The summed E-state index contributed by atoms with van der Waals surface area (Å²) in [5, 5.41) is 5.52. The maximum Gasteiger partial charge on any atom is 0.0970 e.